The molecule has 2 rings (SSSR count). The lowest BCUT2D eigenvalue weighted by atomic mass is 10.1. The number of nitrogens with zero attached hydrogens (tertiary/aromatic N) is 4. The fourth-order valence-corrected chi connectivity index (χ4v) is 2.64. The molecule has 0 saturated heterocycles. The van der Waals surface area contributed by atoms with E-state index in [0.29, 0.717) is 17.7 Å². The number of hydrogen-bond donors (Lipinski definition) is 0. The van der Waals surface area contributed by atoms with Gasteiger partial charge in [0.2, 0.25) is 0 Å². The van der Waals surface area contributed by atoms with Crippen LogP contribution in [-0.2, 0) is 0 Å². The number of hydrogen-bond acceptors (Lipinski definition) is 4. The number of anilines is 1. The second kappa shape index (κ2) is 5.81. The largest absolute Gasteiger partial charge is 0.351 e. The molecule has 0 aliphatic heterocycles. The van der Waals surface area contributed by atoms with Crippen LogP contribution in [0, 0.1) is 17.2 Å². The second-order valence-corrected chi connectivity index (χ2v) is 5.32. The van der Waals surface area contributed by atoms with Crippen LogP contribution in [0.2, 0.25) is 0 Å². The van der Waals surface area contributed by atoms with E-state index < -0.39 is 0 Å². The summed E-state index contributed by atoms with van der Waals surface area (Å²) in [6, 6.07) is 2.68. The van der Waals surface area contributed by atoms with Crippen molar-refractivity contribution in [2.75, 3.05) is 11.4 Å². The molecule has 0 bridgehead atoms. The van der Waals surface area contributed by atoms with Crippen LogP contribution in [0.3, 0.4) is 0 Å². The summed E-state index contributed by atoms with van der Waals surface area (Å²) in [6.07, 6.45) is 8.23. The van der Waals surface area contributed by atoms with E-state index in [-0.39, 0.29) is 0 Å². The summed E-state index contributed by atoms with van der Waals surface area (Å²) in [7, 11) is 0. The van der Waals surface area contributed by atoms with Gasteiger partial charge in [0.05, 0.1) is 0 Å². The van der Waals surface area contributed by atoms with Crippen LogP contribution >= 0.6 is 0 Å². The van der Waals surface area contributed by atoms with Crippen molar-refractivity contribution in [3.05, 3.63) is 18.1 Å². The highest BCUT2D eigenvalue weighted by atomic mass is 15.2. The summed E-state index contributed by atoms with van der Waals surface area (Å²) < 4.78 is 0. The first-order valence-corrected chi connectivity index (χ1v) is 6.70. The van der Waals surface area contributed by atoms with Crippen LogP contribution < -0.4 is 4.90 Å². The van der Waals surface area contributed by atoms with Crippen LogP contribution in [-0.4, -0.2) is 22.6 Å². The highest BCUT2D eigenvalue weighted by Crippen LogP contribution is 2.28. The summed E-state index contributed by atoms with van der Waals surface area (Å²) in [5.41, 5.74) is 0.449. The van der Waals surface area contributed by atoms with Crippen molar-refractivity contribution in [1.82, 2.24) is 9.97 Å². The molecule has 0 spiro atoms. The number of nitriles is 1. The van der Waals surface area contributed by atoms with E-state index in [1.165, 1.54) is 25.7 Å². The summed E-state index contributed by atoms with van der Waals surface area (Å²) in [5, 5.41) is 9.17. The molecule has 1 aromatic rings. The van der Waals surface area contributed by atoms with E-state index in [1.807, 2.05) is 0 Å². The second-order valence-electron chi connectivity index (χ2n) is 5.32. The van der Waals surface area contributed by atoms with Gasteiger partial charge >= 0.3 is 0 Å². The van der Waals surface area contributed by atoms with Gasteiger partial charge < -0.3 is 4.90 Å². The summed E-state index contributed by atoms with van der Waals surface area (Å²) in [6.45, 7) is 5.34. The minimum atomic E-state index is 0.449. The van der Waals surface area contributed by atoms with Crippen LogP contribution in [0.1, 0.15) is 45.2 Å². The highest BCUT2D eigenvalue weighted by Gasteiger charge is 2.26. The van der Waals surface area contributed by atoms with Crippen LogP contribution in [0.5, 0.6) is 0 Å². The fourth-order valence-electron chi connectivity index (χ4n) is 2.64. The molecule has 0 unspecified atom stereocenters. The van der Waals surface area contributed by atoms with Crippen molar-refractivity contribution in [3.8, 4) is 6.07 Å². The number of aromatic nitrogens is 2. The molecule has 0 N–H and O–H groups in total. The van der Waals surface area contributed by atoms with Gasteiger partial charge in [0.1, 0.15) is 6.07 Å². The Kier molecular flexibility index (Phi) is 4.14. The normalized spacial score (nSPS) is 15.9. The first-order chi connectivity index (χ1) is 8.72. The monoisotopic (exact) mass is 244 g/mol. The third kappa shape index (κ3) is 2.79. The van der Waals surface area contributed by atoms with E-state index in [1.54, 1.807) is 12.4 Å². The number of rotatable bonds is 4. The molecule has 0 amide bonds. The molecule has 4 nitrogen and oxygen atoms in total. The molecule has 1 heterocycles. The zero-order valence-electron chi connectivity index (χ0n) is 11.1. The maximum atomic E-state index is 9.17. The molecule has 0 atom stereocenters. The summed E-state index contributed by atoms with van der Waals surface area (Å²) in [4.78, 5) is 10.8. The maximum Gasteiger partial charge on any atom is 0.183 e. The van der Waals surface area contributed by atoms with Gasteiger partial charge in [0.15, 0.2) is 11.5 Å². The van der Waals surface area contributed by atoms with Gasteiger partial charge in [0.25, 0.3) is 0 Å². The zero-order valence-corrected chi connectivity index (χ0v) is 11.1. The first-order valence-electron chi connectivity index (χ1n) is 6.70. The van der Waals surface area contributed by atoms with Gasteiger partial charge in [-0.1, -0.05) is 26.7 Å². The molecule has 0 aromatic carbocycles. The summed E-state index contributed by atoms with van der Waals surface area (Å²) in [5.74, 6) is 1.32. The Morgan fingerprint density at radius 3 is 2.61 bits per heavy atom. The Labute approximate surface area is 109 Å². The van der Waals surface area contributed by atoms with E-state index >= 15 is 0 Å². The van der Waals surface area contributed by atoms with Crippen molar-refractivity contribution in [2.24, 2.45) is 5.92 Å². The van der Waals surface area contributed by atoms with Crippen LogP contribution in [0.15, 0.2) is 12.4 Å². The molecule has 0 radical (unpaired) electrons. The first kappa shape index (κ1) is 12.8. The third-order valence-corrected chi connectivity index (χ3v) is 3.38. The lowest BCUT2D eigenvalue weighted by Crippen LogP contribution is -2.37. The van der Waals surface area contributed by atoms with Gasteiger partial charge in [-0.2, -0.15) is 5.26 Å². The highest BCUT2D eigenvalue weighted by molar-refractivity contribution is 5.50. The van der Waals surface area contributed by atoms with E-state index in [9.17, 15) is 0 Å². The van der Waals surface area contributed by atoms with Crippen LogP contribution in [0.4, 0.5) is 5.82 Å². The van der Waals surface area contributed by atoms with Crippen molar-refractivity contribution in [3.63, 3.8) is 0 Å². The zero-order chi connectivity index (χ0) is 13.0. The molecule has 96 valence electrons. The Balaban J connectivity index is 2.30. The molecule has 4 heteroatoms. The van der Waals surface area contributed by atoms with E-state index in [2.05, 4.69) is 34.8 Å². The lowest BCUT2D eigenvalue weighted by molar-refractivity contribution is 0.530. The van der Waals surface area contributed by atoms with Gasteiger partial charge in [-0.15, -0.1) is 0 Å². The SMILES string of the molecule is CC(C)CN(c1nccnc1C#N)C1CCCC1. The maximum absolute atomic E-state index is 9.17. The van der Waals surface area contributed by atoms with Gasteiger partial charge in [-0.3, -0.25) is 0 Å². The Bertz CT molecular complexity index is 430. The molecule has 18 heavy (non-hydrogen) atoms. The van der Waals surface area contributed by atoms with E-state index in [4.69, 9.17) is 5.26 Å². The van der Waals surface area contributed by atoms with E-state index in [0.717, 1.165) is 12.4 Å². The predicted molar refractivity (Wildman–Crippen MR) is 71.2 cm³/mol. The molecule has 1 saturated carbocycles. The molecule has 1 fully saturated rings. The summed E-state index contributed by atoms with van der Waals surface area (Å²) >= 11 is 0. The van der Waals surface area contributed by atoms with Gasteiger partial charge in [-0.25, -0.2) is 9.97 Å². The Morgan fingerprint density at radius 2 is 2.00 bits per heavy atom. The molecule has 1 aliphatic carbocycles. The average molecular weight is 244 g/mol. The van der Waals surface area contributed by atoms with Gasteiger partial charge in [0, 0.05) is 25.0 Å². The minimum absolute atomic E-state index is 0.449. The minimum Gasteiger partial charge on any atom is -0.351 e. The topological polar surface area (TPSA) is 52.8 Å². The quantitative estimate of drug-likeness (QED) is 0.817. The fraction of sp³-hybridized carbons (Fsp3) is 0.643. The third-order valence-electron chi connectivity index (χ3n) is 3.38. The lowest BCUT2D eigenvalue weighted by Gasteiger charge is -2.31. The average Bonchev–Trinajstić information content (AvgIpc) is 2.89. The Hall–Kier alpha value is -1.63. The molecule has 1 aromatic heterocycles. The Morgan fingerprint density at radius 1 is 1.33 bits per heavy atom. The van der Waals surface area contributed by atoms with Crippen LogP contribution in [0.25, 0.3) is 0 Å². The standard InChI is InChI=1S/C14H20N4/c1-11(2)10-18(12-5-3-4-6-12)14-13(9-15)16-7-8-17-14/h7-8,11-12H,3-6,10H2,1-2H3. The smallest absolute Gasteiger partial charge is 0.183 e. The van der Waals surface area contributed by atoms with Crippen molar-refractivity contribution >= 4 is 5.82 Å². The van der Waals surface area contributed by atoms with Crippen molar-refractivity contribution in [1.29, 1.82) is 5.26 Å². The molecular formula is C14H20N4. The van der Waals surface area contributed by atoms with Crippen molar-refractivity contribution in [2.45, 2.75) is 45.6 Å². The van der Waals surface area contributed by atoms with Crippen molar-refractivity contribution < 1.29 is 0 Å². The molecular weight excluding hydrogens is 224 g/mol. The van der Waals surface area contributed by atoms with Gasteiger partial charge in [-0.05, 0) is 18.8 Å². The predicted octanol–water partition coefficient (Wildman–Crippen LogP) is 2.75. The molecule has 1 aliphatic rings.